The molecule has 3 rings (SSSR count). The highest BCUT2D eigenvalue weighted by atomic mass is 16.2. The molecule has 8 heteroatoms. The molecule has 3 atom stereocenters. The van der Waals surface area contributed by atoms with Gasteiger partial charge in [-0.2, -0.15) is 0 Å². The molecule has 44 heavy (non-hydrogen) atoms. The number of amides is 2. The minimum atomic E-state index is -1.65. The van der Waals surface area contributed by atoms with Crippen LogP contribution in [0.15, 0.2) is 84.9 Å². The Morgan fingerprint density at radius 1 is 0.773 bits per heavy atom. The van der Waals surface area contributed by atoms with E-state index in [1.807, 2.05) is 86.6 Å². The number of nitrogens with zero attached hydrogens (tertiary/aromatic N) is 2. The molecule has 0 radical (unpaired) electrons. The lowest BCUT2D eigenvalue weighted by Gasteiger charge is -2.41. The van der Waals surface area contributed by atoms with Gasteiger partial charge in [-0.05, 0) is 75.4 Å². The molecule has 0 aliphatic carbocycles. The first-order valence-electron chi connectivity index (χ1n) is 15.1. The molecule has 0 spiro atoms. The van der Waals surface area contributed by atoms with Crippen molar-refractivity contribution in [3.05, 3.63) is 96.1 Å². The first kappa shape index (κ1) is 34.6. The summed E-state index contributed by atoms with van der Waals surface area (Å²) < 4.78 is 0. The number of fused-ring (bicyclic) bond motifs is 1. The molecule has 2 unspecified atom stereocenters. The SMILES string of the molecule is CN(C(=O)/C=C/CC(C)(C)N)[C@H](Cc1ccc2ccccc2c1)C(=O)C(C)(N)C(Cc1ccccc1)C(=O)N(C)C(C)(C)N. The molecule has 0 saturated heterocycles. The van der Waals surface area contributed by atoms with E-state index in [-0.39, 0.29) is 24.7 Å². The molecule has 2 amide bonds. The van der Waals surface area contributed by atoms with Crippen molar-refractivity contribution >= 4 is 28.4 Å². The number of ketones is 1. The Hall–Kier alpha value is -3.85. The van der Waals surface area contributed by atoms with E-state index >= 15 is 0 Å². The number of nitrogens with two attached hydrogens (primary N) is 3. The van der Waals surface area contributed by atoms with Gasteiger partial charge in [-0.1, -0.05) is 78.9 Å². The van der Waals surface area contributed by atoms with E-state index in [0.717, 1.165) is 21.9 Å². The molecule has 0 bridgehead atoms. The largest absolute Gasteiger partial charge is 0.332 e. The Balaban J connectivity index is 2.06. The van der Waals surface area contributed by atoms with Gasteiger partial charge >= 0.3 is 0 Å². The van der Waals surface area contributed by atoms with Gasteiger partial charge in [0, 0.05) is 26.1 Å². The molecule has 0 aliphatic heterocycles. The summed E-state index contributed by atoms with van der Waals surface area (Å²) in [7, 11) is 3.22. The van der Waals surface area contributed by atoms with Gasteiger partial charge in [0.1, 0.15) is 0 Å². The number of hydrogen-bond donors (Lipinski definition) is 3. The van der Waals surface area contributed by atoms with Gasteiger partial charge in [0.15, 0.2) is 5.78 Å². The van der Waals surface area contributed by atoms with E-state index in [2.05, 4.69) is 0 Å². The summed E-state index contributed by atoms with van der Waals surface area (Å²) in [5, 5.41) is 2.09. The number of likely N-dealkylation sites (N-methyl/N-ethyl adjacent to an activating group) is 1. The van der Waals surface area contributed by atoms with Gasteiger partial charge < -0.3 is 27.0 Å². The summed E-state index contributed by atoms with van der Waals surface area (Å²) in [6, 6.07) is 22.4. The maximum atomic E-state index is 14.7. The van der Waals surface area contributed by atoms with Crippen molar-refractivity contribution in [2.24, 2.45) is 23.1 Å². The van der Waals surface area contributed by atoms with E-state index < -0.39 is 34.5 Å². The third kappa shape index (κ3) is 8.85. The third-order valence-corrected chi connectivity index (χ3v) is 8.30. The zero-order valence-corrected chi connectivity index (χ0v) is 27.2. The van der Waals surface area contributed by atoms with Gasteiger partial charge in [-0.15, -0.1) is 0 Å². The fourth-order valence-electron chi connectivity index (χ4n) is 5.18. The summed E-state index contributed by atoms with van der Waals surface area (Å²) >= 11 is 0. The van der Waals surface area contributed by atoms with Crippen LogP contribution < -0.4 is 17.2 Å². The van der Waals surface area contributed by atoms with E-state index in [1.165, 1.54) is 15.9 Å². The van der Waals surface area contributed by atoms with Crippen LogP contribution in [0.3, 0.4) is 0 Å². The van der Waals surface area contributed by atoms with Crippen molar-refractivity contribution in [3.63, 3.8) is 0 Å². The number of carbonyl (C=O) groups excluding carboxylic acids is 3. The monoisotopic (exact) mass is 599 g/mol. The average Bonchev–Trinajstić information content (AvgIpc) is 2.96. The molecular formula is C36H49N5O3. The predicted molar refractivity (Wildman–Crippen MR) is 179 cm³/mol. The van der Waals surface area contributed by atoms with Gasteiger partial charge in [0.05, 0.1) is 23.2 Å². The van der Waals surface area contributed by atoms with E-state index in [1.54, 1.807) is 40.9 Å². The van der Waals surface area contributed by atoms with Crippen molar-refractivity contribution < 1.29 is 14.4 Å². The summed E-state index contributed by atoms with van der Waals surface area (Å²) in [4.78, 5) is 45.0. The van der Waals surface area contributed by atoms with Crippen LogP contribution in [0.5, 0.6) is 0 Å². The van der Waals surface area contributed by atoms with Crippen LogP contribution in [0.2, 0.25) is 0 Å². The Morgan fingerprint density at radius 2 is 1.36 bits per heavy atom. The lowest BCUT2D eigenvalue weighted by Crippen LogP contribution is -2.65. The van der Waals surface area contributed by atoms with Crippen LogP contribution >= 0.6 is 0 Å². The molecule has 3 aromatic rings. The standard InChI is InChI=1S/C36H49N5O3/c1-34(2,37)21-13-18-31(42)40(6)30(24-26-19-20-27-16-11-12-17-28(27)22-26)32(43)36(5,39)29(23-25-14-9-8-10-15-25)33(44)41(7)35(3,4)38/h8-20,22,29-30H,21,23-24,37-39H2,1-7H3/b18-13+/t29?,30-,36?/m1/s1. The van der Waals surface area contributed by atoms with Crippen LogP contribution in [0.4, 0.5) is 0 Å². The topological polar surface area (TPSA) is 136 Å². The third-order valence-electron chi connectivity index (χ3n) is 8.30. The van der Waals surface area contributed by atoms with Crippen LogP contribution in [0.1, 0.15) is 52.2 Å². The van der Waals surface area contributed by atoms with Gasteiger partial charge in [-0.3, -0.25) is 14.4 Å². The fourth-order valence-corrected chi connectivity index (χ4v) is 5.18. The van der Waals surface area contributed by atoms with Crippen LogP contribution in [0.25, 0.3) is 10.8 Å². The van der Waals surface area contributed by atoms with Crippen molar-refractivity contribution in [1.29, 1.82) is 0 Å². The molecule has 8 nitrogen and oxygen atoms in total. The number of carbonyl (C=O) groups is 3. The maximum absolute atomic E-state index is 14.7. The number of hydrogen-bond acceptors (Lipinski definition) is 6. The van der Waals surface area contributed by atoms with Crippen molar-refractivity contribution in [2.45, 2.75) is 76.7 Å². The minimum Gasteiger partial charge on any atom is -0.332 e. The predicted octanol–water partition coefficient (Wildman–Crippen LogP) is 4.19. The molecule has 6 N–H and O–H groups in total. The first-order chi connectivity index (χ1) is 20.4. The van der Waals surface area contributed by atoms with E-state index in [4.69, 9.17) is 17.2 Å². The summed E-state index contributed by atoms with van der Waals surface area (Å²) in [6.07, 6.45) is 4.10. The smallest absolute Gasteiger partial charge is 0.246 e. The maximum Gasteiger partial charge on any atom is 0.246 e. The second-order valence-electron chi connectivity index (χ2n) is 13.4. The Labute approximate surface area is 262 Å². The Kier molecular flexibility index (Phi) is 10.9. The summed E-state index contributed by atoms with van der Waals surface area (Å²) in [5.41, 5.74) is 18.0. The zero-order valence-electron chi connectivity index (χ0n) is 27.2. The molecule has 0 aromatic heterocycles. The number of rotatable bonds is 13. The van der Waals surface area contributed by atoms with Gasteiger partial charge in [0.25, 0.3) is 0 Å². The molecule has 236 valence electrons. The molecule has 0 heterocycles. The number of benzene rings is 3. The first-order valence-corrected chi connectivity index (χ1v) is 15.1. The highest BCUT2D eigenvalue weighted by Crippen LogP contribution is 2.28. The Bertz CT molecular complexity index is 1480. The highest BCUT2D eigenvalue weighted by molar-refractivity contribution is 6.01. The minimum absolute atomic E-state index is 0.222. The molecule has 0 saturated carbocycles. The number of Topliss-reactive ketones (excluding diaryl/α,β-unsaturated/α-hetero) is 1. The molecule has 0 aliphatic rings. The van der Waals surface area contributed by atoms with Crippen LogP contribution in [-0.2, 0) is 27.2 Å². The second kappa shape index (κ2) is 13.8. The zero-order chi connectivity index (χ0) is 32.9. The average molecular weight is 600 g/mol. The highest BCUT2D eigenvalue weighted by Gasteiger charge is 2.48. The second-order valence-corrected chi connectivity index (χ2v) is 13.4. The van der Waals surface area contributed by atoms with E-state index in [0.29, 0.717) is 6.42 Å². The van der Waals surface area contributed by atoms with Crippen LogP contribution in [-0.4, -0.2) is 64.3 Å². The fraction of sp³-hybridized carbons (Fsp3) is 0.417. The van der Waals surface area contributed by atoms with Gasteiger partial charge in [-0.25, -0.2) is 0 Å². The lowest BCUT2D eigenvalue weighted by molar-refractivity contribution is -0.147. The normalized spacial score (nSPS) is 15.0. The molecular weight excluding hydrogens is 550 g/mol. The summed E-state index contributed by atoms with van der Waals surface area (Å²) in [6.45, 7) is 8.80. The van der Waals surface area contributed by atoms with Crippen molar-refractivity contribution in [1.82, 2.24) is 9.80 Å². The van der Waals surface area contributed by atoms with Crippen LogP contribution in [0, 0.1) is 5.92 Å². The molecule has 3 aromatic carbocycles. The van der Waals surface area contributed by atoms with Crippen molar-refractivity contribution in [3.8, 4) is 0 Å². The van der Waals surface area contributed by atoms with Crippen molar-refractivity contribution in [2.75, 3.05) is 14.1 Å². The quantitative estimate of drug-likeness (QED) is 0.199. The Morgan fingerprint density at radius 3 is 1.95 bits per heavy atom. The summed E-state index contributed by atoms with van der Waals surface area (Å²) in [5.74, 6) is -2.05. The molecule has 0 fully saturated rings. The van der Waals surface area contributed by atoms with E-state index in [9.17, 15) is 14.4 Å². The lowest BCUT2D eigenvalue weighted by atomic mass is 9.74. The van der Waals surface area contributed by atoms with Gasteiger partial charge in [0.2, 0.25) is 11.8 Å².